The van der Waals surface area contributed by atoms with Gasteiger partial charge in [0.2, 0.25) is 5.75 Å². The van der Waals surface area contributed by atoms with Crippen LogP contribution < -0.4 is 4.74 Å². The fourth-order valence-electron chi connectivity index (χ4n) is 1.01. The normalized spacial score (nSPS) is 9.94. The van der Waals surface area contributed by atoms with E-state index in [1.54, 1.807) is 0 Å². The molecule has 0 bridgehead atoms. The minimum absolute atomic E-state index is 0.401. The van der Waals surface area contributed by atoms with Gasteiger partial charge in [-0.1, -0.05) is 0 Å². The zero-order valence-electron chi connectivity index (χ0n) is 7.49. The predicted octanol–water partition coefficient (Wildman–Crippen LogP) is 2.21. The lowest BCUT2D eigenvalue weighted by atomic mass is 10.2. The van der Waals surface area contributed by atoms with Crippen molar-refractivity contribution in [3.63, 3.8) is 0 Å². The first kappa shape index (κ1) is 11.8. The van der Waals surface area contributed by atoms with Crippen LogP contribution in [-0.4, -0.2) is 11.5 Å². The Bertz CT molecular complexity index is 470. The summed E-state index contributed by atoms with van der Waals surface area (Å²) in [4.78, 5) is 9.32. The van der Waals surface area contributed by atoms with Gasteiger partial charge in [-0.3, -0.25) is 10.1 Å². The number of rotatable bonds is 3. The summed E-state index contributed by atoms with van der Waals surface area (Å²) in [5.74, 6) is -2.02. The fourth-order valence-corrected chi connectivity index (χ4v) is 1.01. The van der Waals surface area contributed by atoms with Crippen LogP contribution in [0.4, 0.5) is 18.9 Å². The number of halogens is 3. The molecule has 1 aromatic rings. The van der Waals surface area contributed by atoms with E-state index in [-0.39, 0.29) is 0 Å². The molecule has 0 aliphatic rings. The van der Waals surface area contributed by atoms with Crippen molar-refractivity contribution in [2.75, 3.05) is 0 Å². The number of alkyl halides is 2. The van der Waals surface area contributed by atoms with Gasteiger partial charge in [0, 0.05) is 0 Å². The quantitative estimate of drug-likeness (QED) is 0.591. The van der Waals surface area contributed by atoms with Crippen molar-refractivity contribution in [1.82, 2.24) is 0 Å². The van der Waals surface area contributed by atoms with E-state index in [0.29, 0.717) is 12.1 Å². The highest BCUT2D eigenvalue weighted by atomic mass is 19.3. The Balaban J connectivity index is 3.40. The van der Waals surface area contributed by atoms with Crippen LogP contribution >= 0.6 is 0 Å². The minimum atomic E-state index is -3.34. The van der Waals surface area contributed by atoms with E-state index < -0.39 is 34.4 Å². The van der Waals surface area contributed by atoms with Crippen molar-refractivity contribution >= 4 is 5.69 Å². The average Bonchev–Trinajstić information content (AvgIpc) is 2.19. The van der Waals surface area contributed by atoms with Gasteiger partial charge in [-0.05, 0) is 6.07 Å². The summed E-state index contributed by atoms with van der Waals surface area (Å²) in [5, 5.41) is 18.9. The molecule has 0 amide bonds. The number of nitro benzene ring substituents is 1. The zero-order valence-corrected chi connectivity index (χ0v) is 7.49. The SMILES string of the molecule is N#Cc1cc(F)cc([N+](=O)[O-])c1OC(F)F. The molecule has 1 rings (SSSR count). The summed E-state index contributed by atoms with van der Waals surface area (Å²) >= 11 is 0. The molecule has 0 saturated heterocycles. The number of benzene rings is 1. The molecule has 5 nitrogen and oxygen atoms in total. The lowest BCUT2D eigenvalue weighted by Crippen LogP contribution is -2.06. The van der Waals surface area contributed by atoms with E-state index in [4.69, 9.17) is 5.26 Å². The Hall–Kier alpha value is -2.30. The summed E-state index contributed by atoms with van der Waals surface area (Å²) in [5.41, 5.74) is -1.68. The topological polar surface area (TPSA) is 76.2 Å². The van der Waals surface area contributed by atoms with Crippen molar-refractivity contribution in [3.8, 4) is 11.8 Å². The van der Waals surface area contributed by atoms with Gasteiger partial charge in [-0.25, -0.2) is 4.39 Å². The van der Waals surface area contributed by atoms with E-state index in [1.165, 1.54) is 6.07 Å². The minimum Gasteiger partial charge on any atom is -0.426 e. The van der Waals surface area contributed by atoms with Crippen LogP contribution in [0.3, 0.4) is 0 Å². The van der Waals surface area contributed by atoms with Crippen LogP contribution in [0.2, 0.25) is 0 Å². The Kier molecular flexibility index (Phi) is 3.30. The molecule has 0 aliphatic heterocycles. The first-order valence-electron chi connectivity index (χ1n) is 3.78. The van der Waals surface area contributed by atoms with Crippen molar-refractivity contribution in [3.05, 3.63) is 33.6 Å². The smallest absolute Gasteiger partial charge is 0.387 e. The molecule has 0 fully saturated rings. The monoisotopic (exact) mass is 232 g/mol. The van der Waals surface area contributed by atoms with Gasteiger partial charge in [0.25, 0.3) is 0 Å². The Morgan fingerprint density at radius 2 is 2.12 bits per heavy atom. The van der Waals surface area contributed by atoms with Gasteiger partial charge < -0.3 is 4.74 Å². The maximum absolute atomic E-state index is 12.8. The Labute approximate surface area is 86.8 Å². The van der Waals surface area contributed by atoms with Crippen LogP contribution in [0.1, 0.15) is 5.56 Å². The van der Waals surface area contributed by atoms with E-state index in [0.717, 1.165) is 0 Å². The molecule has 0 N–H and O–H groups in total. The largest absolute Gasteiger partial charge is 0.426 e. The summed E-state index contributed by atoms with van der Waals surface area (Å²) in [6, 6.07) is 2.31. The van der Waals surface area contributed by atoms with Gasteiger partial charge in [0.1, 0.15) is 17.4 Å². The number of nitro groups is 1. The lowest BCUT2D eigenvalue weighted by molar-refractivity contribution is -0.386. The predicted molar refractivity (Wildman–Crippen MR) is 44.4 cm³/mol. The van der Waals surface area contributed by atoms with Gasteiger partial charge in [-0.15, -0.1) is 0 Å². The number of ether oxygens (including phenoxy) is 1. The third-order valence-corrected chi connectivity index (χ3v) is 1.56. The van der Waals surface area contributed by atoms with Crippen molar-refractivity contribution in [2.45, 2.75) is 6.61 Å². The van der Waals surface area contributed by atoms with Crippen LogP contribution in [0.25, 0.3) is 0 Å². The third kappa shape index (κ3) is 2.38. The van der Waals surface area contributed by atoms with Crippen LogP contribution in [-0.2, 0) is 0 Å². The summed E-state index contributed by atoms with van der Waals surface area (Å²) in [6.45, 7) is -3.34. The van der Waals surface area contributed by atoms with Gasteiger partial charge >= 0.3 is 12.3 Å². The molecule has 0 radical (unpaired) electrons. The first-order chi connectivity index (χ1) is 7.45. The molecule has 0 saturated carbocycles. The van der Waals surface area contributed by atoms with Gasteiger partial charge in [0.15, 0.2) is 0 Å². The highest BCUT2D eigenvalue weighted by Gasteiger charge is 2.24. The highest BCUT2D eigenvalue weighted by molar-refractivity contribution is 5.56. The molecule has 84 valence electrons. The zero-order chi connectivity index (χ0) is 12.3. The summed E-state index contributed by atoms with van der Waals surface area (Å²) in [7, 11) is 0. The molecular formula is C8H3F3N2O3. The van der Waals surface area contributed by atoms with Crippen LogP contribution in [0.15, 0.2) is 12.1 Å². The Morgan fingerprint density at radius 1 is 1.50 bits per heavy atom. The van der Waals surface area contributed by atoms with Crippen molar-refractivity contribution in [1.29, 1.82) is 5.26 Å². The number of nitrogens with zero attached hydrogens (tertiary/aromatic N) is 2. The lowest BCUT2D eigenvalue weighted by Gasteiger charge is -2.06. The van der Waals surface area contributed by atoms with E-state index in [2.05, 4.69) is 4.74 Å². The molecule has 16 heavy (non-hydrogen) atoms. The number of hydrogen-bond acceptors (Lipinski definition) is 4. The summed E-state index contributed by atoms with van der Waals surface area (Å²) < 4.78 is 40.5. The molecule has 1 aromatic carbocycles. The Morgan fingerprint density at radius 3 is 2.56 bits per heavy atom. The van der Waals surface area contributed by atoms with E-state index in [1.807, 2.05) is 0 Å². The average molecular weight is 232 g/mol. The van der Waals surface area contributed by atoms with E-state index in [9.17, 15) is 23.3 Å². The second kappa shape index (κ2) is 4.48. The van der Waals surface area contributed by atoms with Gasteiger partial charge in [0.05, 0.1) is 11.0 Å². The van der Waals surface area contributed by atoms with Crippen molar-refractivity contribution in [2.24, 2.45) is 0 Å². The molecule has 0 atom stereocenters. The molecule has 0 spiro atoms. The maximum atomic E-state index is 12.8. The van der Waals surface area contributed by atoms with E-state index >= 15 is 0 Å². The summed E-state index contributed by atoms with van der Waals surface area (Å²) in [6.07, 6.45) is 0. The van der Waals surface area contributed by atoms with Crippen molar-refractivity contribution < 1.29 is 22.8 Å². The molecular weight excluding hydrogens is 229 g/mol. The molecule has 0 heterocycles. The third-order valence-electron chi connectivity index (χ3n) is 1.56. The second-order valence-electron chi connectivity index (χ2n) is 2.55. The molecule has 8 heteroatoms. The van der Waals surface area contributed by atoms with Crippen LogP contribution in [0, 0.1) is 27.3 Å². The van der Waals surface area contributed by atoms with Gasteiger partial charge in [-0.2, -0.15) is 14.0 Å². The molecule has 0 unspecified atom stereocenters. The fraction of sp³-hybridized carbons (Fsp3) is 0.125. The molecule has 0 aromatic heterocycles. The van der Waals surface area contributed by atoms with Crippen LogP contribution in [0.5, 0.6) is 5.75 Å². The number of hydrogen-bond donors (Lipinski definition) is 0. The standard InChI is InChI=1S/C8H3F3N2O3/c9-5-1-4(3-12)7(16-8(10)11)6(2-5)13(14)15/h1-2,8H. The molecule has 0 aliphatic carbocycles. The maximum Gasteiger partial charge on any atom is 0.387 e. The highest BCUT2D eigenvalue weighted by Crippen LogP contribution is 2.32. The first-order valence-corrected chi connectivity index (χ1v) is 3.78. The second-order valence-corrected chi connectivity index (χ2v) is 2.55. The number of nitriles is 1.